The molecule has 1 N–H and O–H groups in total. The maximum absolute atomic E-state index is 11.5. The number of aromatic nitrogens is 4. The summed E-state index contributed by atoms with van der Waals surface area (Å²) in [6.45, 7) is 1.60. The van der Waals surface area contributed by atoms with Crippen LogP contribution >= 0.6 is 0 Å². The fourth-order valence-corrected chi connectivity index (χ4v) is 3.48. The summed E-state index contributed by atoms with van der Waals surface area (Å²) in [7, 11) is 1.67. The number of nitrogens with zero attached hydrogens (tertiary/aromatic N) is 5. The molecule has 138 valence electrons. The Labute approximate surface area is 155 Å². The summed E-state index contributed by atoms with van der Waals surface area (Å²) in [5.74, 6) is 0.485. The summed E-state index contributed by atoms with van der Waals surface area (Å²) in [5, 5.41) is 14.8. The number of imidazole rings is 1. The van der Waals surface area contributed by atoms with Gasteiger partial charge in [-0.25, -0.2) is 9.97 Å². The molecule has 0 spiro atoms. The SMILES string of the molecule is CO[C@H]1Cc2ccccc2[C@H]1Nc1nc(C)c([N+](=O)[O-])c(-n2ccnc2)n1. The Kier molecular flexibility index (Phi) is 4.28. The summed E-state index contributed by atoms with van der Waals surface area (Å²) < 4.78 is 7.14. The van der Waals surface area contributed by atoms with E-state index in [0.717, 1.165) is 12.0 Å². The number of rotatable bonds is 5. The van der Waals surface area contributed by atoms with Crippen LogP contribution in [-0.2, 0) is 11.2 Å². The smallest absolute Gasteiger partial charge is 0.333 e. The molecule has 0 saturated heterocycles. The van der Waals surface area contributed by atoms with Crippen LogP contribution in [0.3, 0.4) is 0 Å². The number of hydrogen-bond donors (Lipinski definition) is 1. The topological polar surface area (TPSA) is 108 Å². The molecular weight excluding hydrogens is 348 g/mol. The molecule has 3 aromatic rings. The average molecular weight is 366 g/mol. The quantitative estimate of drug-likeness (QED) is 0.546. The molecule has 2 atom stereocenters. The molecule has 9 heteroatoms. The van der Waals surface area contributed by atoms with Gasteiger partial charge in [0.05, 0.1) is 17.1 Å². The first kappa shape index (κ1) is 17.1. The number of ether oxygens (including phenoxy) is 1. The highest BCUT2D eigenvalue weighted by Gasteiger charge is 2.33. The van der Waals surface area contributed by atoms with E-state index in [4.69, 9.17) is 4.74 Å². The zero-order chi connectivity index (χ0) is 19.0. The summed E-state index contributed by atoms with van der Waals surface area (Å²) in [5.41, 5.74) is 2.46. The van der Waals surface area contributed by atoms with Crippen molar-refractivity contribution in [1.29, 1.82) is 0 Å². The highest BCUT2D eigenvalue weighted by Crippen LogP contribution is 2.35. The van der Waals surface area contributed by atoms with Gasteiger partial charge in [0.1, 0.15) is 12.0 Å². The number of fused-ring (bicyclic) bond motifs is 1. The van der Waals surface area contributed by atoms with Crippen LogP contribution in [0.4, 0.5) is 11.6 Å². The number of aryl methyl sites for hydroxylation is 1. The lowest BCUT2D eigenvalue weighted by Gasteiger charge is -2.21. The Morgan fingerprint density at radius 1 is 1.33 bits per heavy atom. The minimum Gasteiger partial charge on any atom is -0.379 e. The van der Waals surface area contributed by atoms with Crippen molar-refractivity contribution < 1.29 is 9.66 Å². The van der Waals surface area contributed by atoms with Crippen molar-refractivity contribution in [2.75, 3.05) is 12.4 Å². The molecule has 4 rings (SSSR count). The van der Waals surface area contributed by atoms with Gasteiger partial charge >= 0.3 is 5.69 Å². The van der Waals surface area contributed by atoms with Gasteiger partial charge in [0, 0.05) is 25.9 Å². The second kappa shape index (κ2) is 6.76. The largest absolute Gasteiger partial charge is 0.379 e. The van der Waals surface area contributed by atoms with Gasteiger partial charge in [0.15, 0.2) is 0 Å². The van der Waals surface area contributed by atoms with E-state index in [9.17, 15) is 10.1 Å². The van der Waals surface area contributed by atoms with Crippen molar-refractivity contribution in [3.63, 3.8) is 0 Å². The second-order valence-electron chi connectivity index (χ2n) is 6.33. The summed E-state index contributed by atoms with van der Waals surface area (Å²) >= 11 is 0. The average Bonchev–Trinajstić information content (AvgIpc) is 3.29. The van der Waals surface area contributed by atoms with Crippen LogP contribution in [0.2, 0.25) is 0 Å². The lowest BCUT2D eigenvalue weighted by molar-refractivity contribution is -0.385. The maximum Gasteiger partial charge on any atom is 0.333 e. The van der Waals surface area contributed by atoms with E-state index in [1.54, 1.807) is 26.4 Å². The van der Waals surface area contributed by atoms with Gasteiger partial charge in [-0.15, -0.1) is 0 Å². The molecule has 1 aliphatic rings. The van der Waals surface area contributed by atoms with Gasteiger partial charge in [-0.05, 0) is 18.1 Å². The van der Waals surface area contributed by atoms with Crippen molar-refractivity contribution in [1.82, 2.24) is 19.5 Å². The number of hydrogen-bond acceptors (Lipinski definition) is 7. The lowest BCUT2D eigenvalue weighted by Crippen LogP contribution is -2.25. The van der Waals surface area contributed by atoms with Gasteiger partial charge in [0.25, 0.3) is 0 Å². The van der Waals surface area contributed by atoms with Crippen LogP contribution in [-0.4, -0.2) is 37.7 Å². The molecular formula is C18H18N6O3. The third-order valence-electron chi connectivity index (χ3n) is 4.74. The summed E-state index contributed by atoms with van der Waals surface area (Å²) in [6, 6.07) is 7.95. The van der Waals surface area contributed by atoms with Crippen molar-refractivity contribution in [3.05, 3.63) is 69.9 Å². The molecule has 0 radical (unpaired) electrons. The van der Waals surface area contributed by atoms with Gasteiger partial charge in [0.2, 0.25) is 11.8 Å². The van der Waals surface area contributed by atoms with E-state index in [0.29, 0.717) is 5.95 Å². The fourth-order valence-electron chi connectivity index (χ4n) is 3.48. The fraction of sp³-hybridized carbons (Fsp3) is 0.278. The standard InChI is InChI=1S/C18H18N6O3/c1-11-16(24(25)26)17(23-8-7-19-10-23)22-18(20-11)21-15-13-6-4-3-5-12(13)9-14(15)27-2/h3-8,10,14-15H,9H2,1-2H3,(H,20,21,22)/t14-,15+/m0/s1. The van der Waals surface area contributed by atoms with Crippen LogP contribution in [0, 0.1) is 17.0 Å². The van der Waals surface area contributed by atoms with Crippen LogP contribution in [0.15, 0.2) is 43.0 Å². The third kappa shape index (κ3) is 3.02. The van der Waals surface area contributed by atoms with Gasteiger partial charge in [-0.3, -0.25) is 14.7 Å². The molecule has 27 heavy (non-hydrogen) atoms. The van der Waals surface area contributed by atoms with E-state index < -0.39 is 4.92 Å². The van der Waals surface area contributed by atoms with Gasteiger partial charge < -0.3 is 10.1 Å². The monoisotopic (exact) mass is 366 g/mol. The van der Waals surface area contributed by atoms with E-state index in [1.165, 1.54) is 16.5 Å². The first-order valence-corrected chi connectivity index (χ1v) is 8.47. The number of benzene rings is 1. The normalized spacial score (nSPS) is 18.3. The minimum atomic E-state index is -0.475. The highest BCUT2D eigenvalue weighted by atomic mass is 16.6. The lowest BCUT2D eigenvalue weighted by atomic mass is 10.1. The second-order valence-corrected chi connectivity index (χ2v) is 6.33. The Morgan fingerprint density at radius 2 is 2.15 bits per heavy atom. The predicted molar refractivity (Wildman–Crippen MR) is 97.9 cm³/mol. The first-order valence-electron chi connectivity index (χ1n) is 8.47. The molecule has 2 heterocycles. The number of methoxy groups -OCH3 is 1. The molecule has 0 aliphatic heterocycles. The molecule has 1 aromatic carbocycles. The molecule has 9 nitrogen and oxygen atoms in total. The van der Waals surface area contributed by atoms with Crippen LogP contribution in [0.25, 0.3) is 5.82 Å². The van der Waals surface area contributed by atoms with E-state index in [1.807, 2.05) is 18.2 Å². The molecule has 0 bridgehead atoms. The Bertz CT molecular complexity index is 989. The molecule has 0 unspecified atom stereocenters. The van der Waals surface area contributed by atoms with E-state index in [-0.39, 0.29) is 29.3 Å². The van der Waals surface area contributed by atoms with E-state index in [2.05, 4.69) is 26.3 Å². The van der Waals surface area contributed by atoms with E-state index >= 15 is 0 Å². The maximum atomic E-state index is 11.5. The van der Waals surface area contributed by atoms with Crippen molar-refractivity contribution in [2.45, 2.75) is 25.5 Å². The number of nitro groups is 1. The van der Waals surface area contributed by atoms with Gasteiger partial charge in [-0.2, -0.15) is 4.98 Å². The van der Waals surface area contributed by atoms with Crippen molar-refractivity contribution >= 4 is 11.6 Å². The van der Waals surface area contributed by atoms with Crippen molar-refractivity contribution in [2.24, 2.45) is 0 Å². The molecule has 1 aliphatic carbocycles. The molecule has 0 amide bonds. The highest BCUT2D eigenvalue weighted by molar-refractivity contribution is 5.54. The zero-order valence-electron chi connectivity index (χ0n) is 14.9. The minimum absolute atomic E-state index is 0.0711. The zero-order valence-corrected chi connectivity index (χ0v) is 14.9. The summed E-state index contributed by atoms with van der Waals surface area (Å²) in [4.78, 5) is 23.7. The third-order valence-corrected chi connectivity index (χ3v) is 4.74. The Balaban J connectivity index is 1.76. The Hall–Kier alpha value is -3.33. The summed E-state index contributed by atoms with van der Waals surface area (Å²) in [6.07, 6.45) is 5.34. The molecule has 2 aromatic heterocycles. The van der Waals surface area contributed by atoms with Crippen LogP contribution in [0.5, 0.6) is 0 Å². The predicted octanol–water partition coefficient (Wildman–Crippen LogP) is 2.60. The van der Waals surface area contributed by atoms with Gasteiger partial charge in [-0.1, -0.05) is 24.3 Å². The number of nitrogens with one attached hydrogen (secondary N) is 1. The van der Waals surface area contributed by atoms with Crippen molar-refractivity contribution in [3.8, 4) is 5.82 Å². The van der Waals surface area contributed by atoms with Crippen LogP contribution in [0.1, 0.15) is 22.9 Å². The Morgan fingerprint density at radius 3 is 2.85 bits per heavy atom. The molecule has 0 saturated carbocycles. The molecule has 0 fully saturated rings. The number of anilines is 1. The first-order chi connectivity index (χ1) is 13.1. The van der Waals surface area contributed by atoms with Crippen LogP contribution < -0.4 is 5.32 Å².